The van der Waals surface area contributed by atoms with Crippen molar-refractivity contribution in [3.8, 4) is 0 Å². The fourth-order valence-electron chi connectivity index (χ4n) is 3.69. The highest BCUT2D eigenvalue weighted by Crippen LogP contribution is 2.42. The van der Waals surface area contributed by atoms with Gasteiger partial charge in [-0.25, -0.2) is 0 Å². The van der Waals surface area contributed by atoms with Crippen LogP contribution in [-0.4, -0.2) is 13.1 Å². The van der Waals surface area contributed by atoms with Crippen molar-refractivity contribution in [3.05, 3.63) is 40.5 Å². The molecule has 1 aliphatic rings. The molecule has 0 radical (unpaired) electrons. The second-order valence-corrected chi connectivity index (χ2v) is 6.29. The molecule has 0 saturated carbocycles. The average Bonchev–Trinajstić information content (AvgIpc) is 2.37. The van der Waals surface area contributed by atoms with E-state index in [1.165, 1.54) is 36.1 Å². The molecular formula is C19H29N. The van der Waals surface area contributed by atoms with Gasteiger partial charge in [0.15, 0.2) is 0 Å². The second kappa shape index (κ2) is 6.03. The Morgan fingerprint density at radius 3 is 2.45 bits per heavy atom. The van der Waals surface area contributed by atoms with Crippen LogP contribution in [0.2, 0.25) is 0 Å². The first kappa shape index (κ1) is 15.2. The van der Waals surface area contributed by atoms with Gasteiger partial charge in [0.1, 0.15) is 0 Å². The SMILES string of the molecule is CCC1=C(CC)C(C(C)N(C)c2ccc(C)cc2C)C1. The van der Waals surface area contributed by atoms with E-state index >= 15 is 0 Å². The van der Waals surface area contributed by atoms with Crippen LogP contribution in [0.5, 0.6) is 0 Å². The van der Waals surface area contributed by atoms with Crippen LogP contribution in [0.15, 0.2) is 29.3 Å². The Labute approximate surface area is 124 Å². The first-order chi connectivity index (χ1) is 9.49. The van der Waals surface area contributed by atoms with Gasteiger partial charge in [0.05, 0.1) is 0 Å². The number of aryl methyl sites for hydroxylation is 2. The van der Waals surface area contributed by atoms with Crippen LogP contribution in [-0.2, 0) is 0 Å². The summed E-state index contributed by atoms with van der Waals surface area (Å²) in [5.74, 6) is 0.751. The maximum absolute atomic E-state index is 2.47. The molecule has 0 saturated heterocycles. The molecule has 1 aromatic rings. The Bertz CT molecular complexity index is 512. The third kappa shape index (κ3) is 2.63. The Hall–Kier alpha value is -1.24. The van der Waals surface area contributed by atoms with E-state index in [0.29, 0.717) is 6.04 Å². The van der Waals surface area contributed by atoms with Crippen molar-refractivity contribution in [1.82, 2.24) is 0 Å². The van der Waals surface area contributed by atoms with E-state index in [0.717, 1.165) is 5.92 Å². The van der Waals surface area contributed by atoms with E-state index in [4.69, 9.17) is 0 Å². The smallest absolute Gasteiger partial charge is 0.0396 e. The zero-order chi connectivity index (χ0) is 14.9. The molecule has 2 unspecified atom stereocenters. The molecule has 0 amide bonds. The molecule has 0 N–H and O–H groups in total. The Kier molecular flexibility index (Phi) is 4.57. The van der Waals surface area contributed by atoms with Crippen LogP contribution < -0.4 is 4.90 Å². The van der Waals surface area contributed by atoms with Gasteiger partial charge >= 0.3 is 0 Å². The summed E-state index contributed by atoms with van der Waals surface area (Å²) in [5.41, 5.74) is 7.54. The minimum Gasteiger partial charge on any atom is -0.371 e. The molecule has 0 fully saturated rings. The minimum atomic E-state index is 0.585. The molecule has 0 aromatic heterocycles. The molecule has 0 aliphatic heterocycles. The topological polar surface area (TPSA) is 3.24 Å². The Morgan fingerprint density at radius 2 is 1.90 bits per heavy atom. The summed E-state index contributed by atoms with van der Waals surface area (Å²) in [4.78, 5) is 2.47. The van der Waals surface area contributed by atoms with E-state index in [1.807, 2.05) is 0 Å². The molecule has 1 heteroatoms. The van der Waals surface area contributed by atoms with Crippen LogP contribution in [0.4, 0.5) is 5.69 Å². The van der Waals surface area contributed by atoms with Gasteiger partial charge in [-0.05, 0) is 51.7 Å². The van der Waals surface area contributed by atoms with Crippen LogP contribution in [0.25, 0.3) is 0 Å². The van der Waals surface area contributed by atoms with Gasteiger partial charge in [0.2, 0.25) is 0 Å². The lowest BCUT2D eigenvalue weighted by molar-refractivity contribution is 0.416. The van der Waals surface area contributed by atoms with Gasteiger partial charge in [-0.2, -0.15) is 0 Å². The fraction of sp³-hybridized carbons (Fsp3) is 0.579. The molecule has 1 nitrogen and oxygen atoms in total. The maximum Gasteiger partial charge on any atom is 0.0396 e. The van der Waals surface area contributed by atoms with E-state index < -0.39 is 0 Å². The first-order valence-corrected chi connectivity index (χ1v) is 8.00. The molecule has 20 heavy (non-hydrogen) atoms. The van der Waals surface area contributed by atoms with Gasteiger partial charge < -0.3 is 4.90 Å². The highest BCUT2D eigenvalue weighted by atomic mass is 15.1. The number of allylic oxidation sites excluding steroid dienone is 1. The zero-order valence-electron chi connectivity index (χ0n) is 14.0. The van der Waals surface area contributed by atoms with E-state index in [2.05, 4.69) is 64.8 Å². The second-order valence-electron chi connectivity index (χ2n) is 6.29. The number of hydrogen-bond acceptors (Lipinski definition) is 1. The number of rotatable bonds is 5. The first-order valence-electron chi connectivity index (χ1n) is 8.00. The van der Waals surface area contributed by atoms with Crippen molar-refractivity contribution in [2.45, 2.75) is 59.9 Å². The molecule has 0 spiro atoms. The largest absolute Gasteiger partial charge is 0.371 e. The number of benzene rings is 1. The van der Waals surface area contributed by atoms with Crippen molar-refractivity contribution >= 4 is 5.69 Å². The Morgan fingerprint density at radius 1 is 1.20 bits per heavy atom. The highest BCUT2D eigenvalue weighted by molar-refractivity contribution is 5.55. The van der Waals surface area contributed by atoms with Crippen molar-refractivity contribution in [2.24, 2.45) is 5.92 Å². The predicted octanol–water partition coefficient (Wildman–Crippen LogP) is 5.26. The Balaban J connectivity index is 2.18. The zero-order valence-corrected chi connectivity index (χ0v) is 14.0. The van der Waals surface area contributed by atoms with Crippen LogP contribution >= 0.6 is 0 Å². The van der Waals surface area contributed by atoms with Gasteiger partial charge in [-0.3, -0.25) is 0 Å². The summed E-state index contributed by atoms with van der Waals surface area (Å²) in [6.07, 6.45) is 3.76. The highest BCUT2D eigenvalue weighted by Gasteiger charge is 2.33. The molecule has 1 aliphatic carbocycles. The maximum atomic E-state index is 2.47. The van der Waals surface area contributed by atoms with Crippen LogP contribution in [0, 0.1) is 19.8 Å². The van der Waals surface area contributed by atoms with Crippen molar-refractivity contribution in [1.29, 1.82) is 0 Å². The predicted molar refractivity (Wildman–Crippen MR) is 89.5 cm³/mol. The van der Waals surface area contributed by atoms with Crippen molar-refractivity contribution in [3.63, 3.8) is 0 Å². The third-order valence-corrected chi connectivity index (χ3v) is 5.10. The fourth-order valence-corrected chi connectivity index (χ4v) is 3.69. The molecule has 2 rings (SSSR count). The number of hydrogen-bond donors (Lipinski definition) is 0. The van der Waals surface area contributed by atoms with Crippen molar-refractivity contribution < 1.29 is 0 Å². The molecular weight excluding hydrogens is 242 g/mol. The average molecular weight is 271 g/mol. The summed E-state index contributed by atoms with van der Waals surface area (Å²) in [6, 6.07) is 7.37. The van der Waals surface area contributed by atoms with Crippen LogP contribution in [0.3, 0.4) is 0 Å². The lowest BCUT2D eigenvalue weighted by Gasteiger charge is -2.42. The van der Waals surface area contributed by atoms with Crippen molar-refractivity contribution in [2.75, 3.05) is 11.9 Å². The van der Waals surface area contributed by atoms with Gasteiger partial charge in [-0.1, -0.05) is 42.7 Å². The van der Waals surface area contributed by atoms with E-state index in [1.54, 1.807) is 11.1 Å². The minimum absolute atomic E-state index is 0.585. The summed E-state index contributed by atoms with van der Waals surface area (Å²) in [6.45, 7) is 11.4. The lowest BCUT2D eigenvalue weighted by Crippen LogP contribution is -2.40. The summed E-state index contributed by atoms with van der Waals surface area (Å²) in [5, 5.41) is 0. The quantitative estimate of drug-likeness (QED) is 0.660. The summed E-state index contributed by atoms with van der Waals surface area (Å²) in [7, 11) is 2.25. The summed E-state index contributed by atoms with van der Waals surface area (Å²) < 4.78 is 0. The monoisotopic (exact) mass is 271 g/mol. The molecule has 2 atom stereocenters. The number of anilines is 1. The van der Waals surface area contributed by atoms with Gasteiger partial charge in [0, 0.05) is 24.7 Å². The van der Waals surface area contributed by atoms with E-state index in [9.17, 15) is 0 Å². The third-order valence-electron chi connectivity index (χ3n) is 5.10. The normalized spacial score (nSPS) is 19.8. The van der Waals surface area contributed by atoms with Gasteiger partial charge in [-0.15, -0.1) is 0 Å². The summed E-state index contributed by atoms with van der Waals surface area (Å²) >= 11 is 0. The van der Waals surface area contributed by atoms with E-state index in [-0.39, 0.29) is 0 Å². The number of nitrogens with zero attached hydrogens (tertiary/aromatic N) is 1. The van der Waals surface area contributed by atoms with Crippen LogP contribution in [0.1, 0.15) is 51.2 Å². The van der Waals surface area contributed by atoms with Gasteiger partial charge in [0.25, 0.3) is 0 Å². The molecule has 0 bridgehead atoms. The molecule has 110 valence electrons. The molecule has 1 aromatic carbocycles. The molecule has 0 heterocycles. The lowest BCUT2D eigenvalue weighted by atomic mass is 9.71. The standard InChI is InChI=1S/C19H29N/c1-7-16-12-18(17(16)8-2)15(5)20(6)19-10-9-13(3)11-14(19)4/h9-11,15,18H,7-8,12H2,1-6H3.